The van der Waals surface area contributed by atoms with Gasteiger partial charge in [0.2, 0.25) is 10.0 Å². The van der Waals surface area contributed by atoms with Crippen molar-refractivity contribution >= 4 is 21.1 Å². The molecule has 0 amide bonds. The van der Waals surface area contributed by atoms with Crippen LogP contribution < -0.4 is 0 Å². The molecule has 5 nitrogen and oxygen atoms in total. The zero-order valence-electron chi connectivity index (χ0n) is 14.7. The van der Waals surface area contributed by atoms with E-state index in [4.69, 9.17) is 4.42 Å². The quantitative estimate of drug-likeness (QED) is 0.642. The van der Waals surface area contributed by atoms with Crippen LogP contribution in [0.25, 0.3) is 11.1 Å². The first-order valence-electron chi connectivity index (χ1n) is 8.78. The van der Waals surface area contributed by atoms with Crippen LogP contribution in [0.3, 0.4) is 0 Å². The highest BCUT2D eigenvalue weighted by molar-refractivity contribution is 7.89. The Bertz CT molecular complexity index is 1050. The summed E-state index contributed by atoms with van der Waals surface area (Å²) in [5.41, 5.74) is 0.579. The van der Waals surface area contributed by atoms with E-state index in [1.54, 1.807) is 0 Å². The van der Waals surface area contributed by atoms with Gasteiger partial charge < -0.3 is 4.42 Å². The third-order valence-corrected chi connectivity index (χ3v) is 6.85. The van der Waals surface area contributed by atoms with Gasteiger partial charge in [0.05, 0.1) is 10.5 Å². The van der Waals surface area contributed by atoms with E-state index in [9.17, 15) is 21.6 Å². The fourth-order valence-electron chi connectivity index (χ4n) is 3.37. The maximum atomic E-state index is 12.7. The molecule has 2 aromatic carbocycles. The molecule has 1 aliphatic heterocycles. The monoisotopic (exact) mass is 410 g/mol. The molecule has 0 aliphatic carbocycles. The lowest BCUT2D eigenvalue weighted by molar-refractivity contribution is -0.137. The predicted octanol–water partition coefficient (Wildman–Crippen LogP) is 4.41. The molecule has 3 aromatic rings. The summed E-state index contributed by atoms with van der Waals surface area (Å²) in [4.78, 5) is 4.34. The van der Waals surface area contributed by atoms with Crippen LogP contribution in [0.1, 0.15) is 30.2 Å². The molecule has 1 aromatic heterocycles. The number of rotatable bonds is 3. The molecule has 148 valence electrons. The molecule has 0 N–H and O–H groups in total. The molecule has 1 fully saturated rings. The van der Waals surface area contributed by atoms with E-state index in [2.05, 4.69) is 4.98 Å². The highest BCUT2D eigenvalue weighted by Crippen LogP contribution is 2.33. The van der Waals surface area contributed by atoms with E-state index in [0.29, 0.717) is 24.3 Å². The Morgan fingerprint density at radius 3 is 2.25 bits per heavy atom. The summed E-state index contributed by atoms with van der Waals surface area (Å²) in [5.74, 6) is 0.597. The van der Waals surface area contributed by atoms with Gasteiger partial charge in [-0.2, -0.15) is 17.5 Å². The average Bonchev–Trinajstić information content (AvgIpc) is 3.12. The van der Waals surface area contributed by atoms with Crippen LogP contribution in [-0.4, -0.2) is 30.8 Å². The van der Waals surface area contributed by atoms with Gasteiger partial charge in [0.25, 0.3) is 0 Å². The highest BCUT2D eigenvalue weighted by atomic mass is 32.2. The second-order valence-corrected chi connectivity index (χ2v) is 8.66. The number of benzene rings is 2. The molecule has 2 heterocycles. The molecule has 1 saturated heterocycles. The SMILES string of the molecule is O=S(=O)(c1ccc(C(F)(F)F)cc1)N1CCC(c2nc3ccccc3o2)CC1. The number of nitrogens with zero attached hydrogens (tertiary/aromatic N) is 2. The van der Waals surface area contributed by atoms with Crippen LogP contribution in [0.2, 0.25) is 0 Å². The maximum absolute atomic E-state index is 12.7. The number of fused-ring (bicyclic) bond motifs is 1. The van der Waals surface area contributed by atoms with Crippen molar-refractivity contribution in [2.45, 2.75) is 29.8 Å². The lowest BCUT2D eigenvalue weighted by atomic mass is 9.98. The van der Waals surface area contributed by atoms with Crippen LogP contribution in [0.15, 0.2) is 57.8 Å². The lowest BCUT2D eigenvalue weighted by Gasteiger charge is -2.29. The summed E-state index contributed by atoms with van der Waals surface area (Å²) in [7, 11) is -3.84. The van der Waals surface area contributed by atoms with Gasteiger partial charge in [0, 0.05) is 19.0 Å². The molecule has 9 heteroatoms. The molecular formula is C19H17F3N2O3S. The largest absolute Gasteiger partial charge is 0.440 e. The number of para-hydroxylation sites is 2. The number of alkyl halides is 3. The van der Waals surface area contributed by atoms with Crippen LogP contribution in [-0.2, 0) is 16.2 Å². The van der Waals surface area contributed by atoms with Gasteiger partial charge >= 0.3 is 6.18 Å². The summed E-state index contributed by atoms with van der Waals surface area (Å²) >= 11 is 0. The summed E-state index contributed by atoms with van der Waals surface area (Å²) in [6.07, 6.45) is -3.43. The summed E-state index contributed by atoms with van der Waals surface area (Å²) in [6, 6.07) is 11.0. The first-order valence-corrected chi connectivity index (χ1v) is 10.2. The molecule has 0 spiro atoms. The number of hydrogen-bond acceptors (Lipinski definition) is 4. The van der Waals surface area contributed by atoms with Crippen LogP contribution in [0.4, 0.5) is 13.2 Å². The second kappa shape index (κ2) is 6.89. The Morgan fingerprint density at radius 1 is 1.00 bits per heavy atom. The van der Waals surface area contributed by atoms with E-state index < -0.39 is 21.8 Å². The molecular weight excluding hydrogens is 393 g/mol. The zero-order valence-corrected chi connectivity index (χ0v) is 15.5. The van der Waals surface area contributed by atoms with Crippen LogP contribution in [0.5, 0.6) is 0 Å². The normalized spacial score (nSPS) is 17.2. The molecule has 1 aliphatic rings. The van der Waals surface area contributed by atoms with Crippen molar-refractivity contribution in [3.63, 3.8) is 0 Å². The standard InChI is InChI=1S/C19H17F3N2O3S/c20-19(21,22)14-5-7-15(8-6-14)28(25,26)24-11-9-13(10-12-24)18-23-16-3-1-2-4-17(16)27-18/h1-8,13H,9-12H2. The Kier molecular flexibility index (Phi) is 4.67. The predicted molar refractivity (Wildman–Crippen MR) is 96.2 cm³/mol. The molecule has 0 atom stereocenters. The van der Waals surface area contributed by atoms with Crippen LogP contribution >= 0.6 is 0 Å². The maximum Gasteiger partial charge on any atom is 0.416 e. The smallest absolute Gasteiger partial charge is 0.416 e. The molecule has 0 radical (unpaired) electrons. The van der Waals surface area contributed by atoms with E-state index in [-0.39, 0.29) is 23.9 Å². The fraction of sp³-hybridized carbons (Fsp3) is 0.316. The number of piperidine rings is 1. The van der Waals surface area contributed by atoms with Crippen molar-refractivity contribution in [1.29, 1.82) is 0 Å². The second-order valence-electron chi connectivity index (χ2n) is 6.72. The number of oxazole rings is 1. The minimum Gasteiger partial charge on any atom is -0.440 e. The summed E-state index contributed by atoms with van der Waals surface area (Å²) in [5, 5.41) is 0. The zero-order chi connectivity index (χ0) is 19.9. The van der Waals surface area contributed by atoms with Crippen molar-refractivity contribution in [2.24, 2.45) is 0 Å². The average molecular weight is 410 g/mol. The van der Waals surface area contributed by atoms with Crippen molar-refractivity contribution < 1.29 is 26.0 Å². The van der Waals surface area contributed by atoms with Gasteiger partial charge in [0.1, 0.15) is 5.52 Å². The lowest BCUT2D eigenvalue weighted by Crippen LogP contribution is -2.38. The summed E-state index contributed by atoms with van der Waals surface area (Å²) in [6.45, 7) is 0.513. The van der Waals surface area contributed by atoms with Gasteiger partial charge in [0.15, 0.2) is 11.5 Å². The van der Waals surface area contributed by atoms with E-state index in [0.717, 1.165) is 29.8 Å². The van der Waals surface area contributed by atoms with Crippen molar-refractivity contribution in [1.82, 2.24) is 9.29 Å². The molecule has 0 bridgehead atoms. The Labute approximate surface area is 159 Å². The van der Waals surface area contributed by atoms with E-state index >= 15 is 0 Å². The number of sulfonamides is 1. The van der Waals surface area contributed by atoms with E-state index in [1.807, 2.05) is 24.3 Å². The number of aromatic nitrogens is 1. The Hall–Kier alpha value is -2.39. The number of hydrogen-bond donors (Lipinski definition) is 0. The van der Waals surface area contributed by atoms with Gasteiger partial charge in [-0.15, -0.1) is 0 Å². The van der Waals surface area contributed by atoms with Gasteiger partial charge in [-0.25, -0.2) is 13.4 Å². The topological polar surface area (TPSA) is 63.4 Å². The van der Waals surface area contributed by atoms with Crippen molar-refractivity contribution in [3.05, 3.63) is 60.0 Å². The molecule has 28 heavy (non-hydrogen) atoms. The Balaban J connectivity index is 1.47. The summed E-state index contributed by atoms with van der Waals surface area (Å²) < 4.78 is 70.6. The number of halogens is 3. The Morgan fingerprint density at radius 2 is 1.64 bits per heavy atom. The first-order chi connectivity index (χ1) is 13.2. The third kappa shape index (κ3) is 3.51. The minimum atomic E-state index is -4.50. The molecule has 4 rings (SSSR count). The first kappa shape index (κ1) is 18.9. The van der Waals surface area contributed by atoms with Gasteiger partial charge in [-0.05, 0) is 49.2 Å². The minimum absolute atomic E-state index is 0.00598. The van der Waals surface area contributed by atoms with Crippen LogP contribution in [0, 0.1) is 0 Å². The highest BCUT2D eigenvalue weighted by Gasteiger charge is 2.34. The van der Waals surface area contributed by atoms with E-state index in [1.165, 1.54) is 4.31 Å². The molecule has 0 unspecified atom stereocenters. The van der Waals surface area contributed by atoms with Crippen molar-refractivity contribution in [2.75, 3.05) is 13.1 Å². The van der Waals surface area contributed by atoms with Gasteiger partial charge in [-0.1, -0.05) is 12.1 Å². The van der Waals surface area contributed by atoms with Crippen molar-refractivity contribution in [3.8, 4) is 0 Å². The third-order valence-electron chi connectivity index (χ3n) is 4.93. The molecule has 0 saturated carbocycles. The van der Waals surface area contributed by atoms with Gasteiger partial charge in [-0.3, -0.25) is 0 Å². The fourth-order valence-corrected chi connectivity index (χ4v) is 4.84.